The Kier molecular flexibility index (Phi) is 7.70. The van der Waals surface area contributed by atoms with E-state index in [1.807, 2.05) is 60.7 Å². The summed E-state index contributed by atoms with van der Waals surface area (Å²) >= 11 is 0. The van der Waals surface area contributed by atoms with Crippen molar-refractivity contribution in [2.75, 3.05) is 6.54 Å². The number of unbranched alkanes of at least 4 members (excludes halogenated alkanes) is 2. The van der Waals surface area contributed by atoms with Crippen molar-refractivity contribution in [1.29, 1.82) is 0 Å². The Hall–Kier alpha value is -2.62. The standard InChI is InChI=1S/C21H26N2O2/c1-2-3-10-15-22-20(24)21(25)23(16-18-11-6-4-7-12-18)17-19-13-8-5-9-14-19/h4-9,11-14H,2-3,10,15-17H2,1H3,(H,22,24). The number of hydrogen-bond acceptors (Lipinski definition) is 2. The number of carbonyl (C=O) groups is 2. The van der Waals surface area contributed by atoms with E-state index < -0.39 is 11.8 Å². The van der Waals surface area contributed by atoms with E-state index in [1.54, 1.807) is 4.90 Å². The Morgan fingerprint density at radius 2 is 1.36 bits per heavy atom. The van der Waals surface area contributed by atoms with Gasteiger partial charge in [0, 0.05) is 19.6 Å². The van der Waals surface area contributed by atoms with E-state index in [4.69, 9.17) is 0 Å². The first-order valence-electron chi connectivity index (χ1n) is 8.85. The van der Waals surface area contributed by atoms with Crippen LogP contribution in [0.4, 0.5) is 0 Å². The third-order valence-corrected chi connectivity index (χ3v) is 3.98. The van der Waals surface area contributed by atoms with Crippen molar-refractivity contribution in [3.8, 4) is 0 Å². The Bertz CT molecular complexity index is 615. The van der Waals surface area contributed by atoms with Gasteiger partial charge in [0.15, 0.2) is 0 Å². The number of amides is 2. The smallest absolute Gasteiger partial charge is 0.312 e. The normalized spacial score (nSPS) is 10.3. The molecule has 0 bridgehead atoms. The second-order valence-electron chi connectivity index (χ2n) is 6.10. The van der Waals surface area contributed by atoms with Gasteiger partial charge in [0.2, 0.25) is 0 Å². The van der Waals surface area contributed by atoms with Crippen LogP contribution in [0.5, 0.6) is 0 Å². The average molecular weight is 338 g/mol. The van der Waals surface area contributed by atoms with Gasteiger partial charge < -0.3 is 10.2 Å². The van der Waals surface area contributed by atoms with E-state index in [-0.39, 0.29) is 0 Å². The van der Waals surface area contributed by atoms with Crippen LogP contribution >= 0.6 is 0 Å². The summed E-state index contributed by atoms with van der Waals surface area (Å²) in [5.74, 6) is -1.01. The maximum absolute atomic E-state index is 12.6. The number of benzene rings is 2. The minimum absolute atomic E-state index is 0.414. The predicted octanol–water partition coefficient (Wildman–Crippen LogP) is 3.52. The van der Waals surface area contributed by atoms with Gasteiger partial charge in [-0.15, -0.1) is 0 Å². The third kappa shape index (κ3) is 6.42. The molecular formula is C21H26N2O2. The number of nitrogens with one attached hydrogen (secondary N) is 1. The van der Waals surface area contributed by atoms with Crippen LogP contribution in [0, 0.1) is 0 Å². The van der Waals surface area contributed by atoms with Crippen molar-refractivity contribution in [3.63, 3.8) is 0 Å². The van der Waals surface area contributed by atoms with Crippen molar-refractivity contribution in [2.24, 2.45) is 0 Å². The lowest BCUT2D eigenvalue weighted by molar-refractivity contribution is -0.146. The van der Waals surface area contributed by atoms with Gasteiger partial charge in [0.1, 0.15) is 0 Å². The molecule has 0 spiro atoms. The van der Waals surface area contributed by atoms with Crippen LogP contribution in [0.2, 0.25) is 0 Å². The Morgan fingerprint density at radius 3 is 1.84 bits per heavy atom. The average Bonchev–Trinajstić information content (AvgIpc) is 2.65. The number of nitrogens with zero attached hydrogens (tertiary/aromatic N) is 1. The fraction of sp³-hybridized carbons (Fsp3) is 0.333. The van der Waals surface area contributed by atoms with Crippen LogP contribution in [0.15, 0.2) is 60.7 Å². The maximum atomic E-state index is 12.6. The largest absolute Gasteiger partial charge is 0.348 e. The number of carbonyl (C=O) groups excluding carboxylic acids is 2. The molecule has 1 N–H and O–H groups in total. The molecular weight excluding hydrogens is 312 g/mol. The fourth-order valence-electron chi connectivity index (χ4n) is 2.60. The third-order valence-electron chi connectivity index (χ3n) is 3.98. The lowest BCUT2D eigenvalue weighted by Crippen LogP contribution is -2.42. The highest BCUT2D eigenvalue weighted by Gasteiger charge is 2.21. The van der Waals surface area contributed by atoms with Crippen LogP contribution in [-0.2, 0) is 22.7 Å². The van der Waals surface area contributed by atoms with Crippen molar-refractivity contribution in [1.82, 2.24) is 10.2 Å². The van der Waals surface area contributed by atoms with Gasteiger partial charge >= 0.3 is 11.8 Å². The molecule has 0 atom stereocenters. The second-order valence-corrected chi connectivity index (χ2v) is 6.10. The summed E-state index contributed by atoms with van der Waals surface area (Å²) in [5, 5.41) is 2.74. The molecule has 2 aromatic rings. The molecule has 0 fully saturated rings. The van der Waals surface area contributed by atoms with Crippen molar-refractivity contribution < 1.29 is 9.59 Å². The Labute approximate surface area is 149 Å². The zero-order valence-corrected chi connectivity index (χ0v) is 14.8. The van der Waals surface area contributed by atoms with Crippen LogP contribution in [0.1, 0.15) is 37.3 Å². The fourth-order valence-corrected chi connectivity index (χ4v) is 2.60. The molecule has 2 aromatic carbocycles. The summed E-state index contributed by atoms with van der Waals surface area (Å²) in [6.07, 6.45) is 3.02. The highest BCUT2D eigenvalue weighted by Crippen LogP contribution is 2.10. The molecule has 0 aliphatic carbocycles. The first kappa shape index (κ1) is 18.7. The highest BCUT2D eigenvalue weighted by atomic mass is 16.2. The van der Waals surface area contributed by atoms with Crippen molar-refractivity contribution in [2.45, 2.75) is 39.3 Å². The monoisotopic (exact) mass is 338 g/mol. The minimum atomic E-state index is -0.525. The van der Waals surface area contributed by atoms with Crippen LogP contribution < -0.4 is 5.32 Å². The molecule has 2 amide bonds. The predicted molar refractivity (Wildman–Crippen MR) is 99.7 cm³/mol. The van der Waals surface area contributed by atoms with E-state index >= 15 is 0 Å². The summed E-state index contributed by atoms with van der Waals surface area (Å²) in [6.45, 7) is 3.48. The quantitative estimate of drug-likeness (QED) is 0.591. The van der Waals surface area contributed by atoms with E-state index in [0.717, 1.165) is 30.4 Å². The molecule has 0 aromatic heterocycles. The minimum Gasteiger partial charge on any atom is -0.348 e. The molecule has 4 heteroatoms. The number of hydrogen-bond donors (Lipinski definition) is 1. The Morgan fingerprint density at radius 1 is 0.840 bits per heavy atom. The van der Waals surface area contributed by atoms with E-state index in [2.05, 4.69) is 12.2 Å². The van der Waals surface area contributed by atoms with Gasteiger partial charge in [-0.25, -0.2) is 0 Å². The molecule has 2 rings (SSSR count). The number of rotatable bonds is 8. The lowest BCUT2D eigenvalue weighted by Gasteiger charge is -2.22. The van der Waals surface area contributed by atoms with Crippen molar-refractivity contribution in [3.05, 3.63) is 71.8 Å². The van der Waals surface area contributed by atoms with E-state index in [9.17, 15) is 9.59 Å². The zero-order valence-electron chi connectivity index (χ0n) is 14.8. The molecule has 25 heavy (non-hydrogen) atoms. The van der Waals surface area contributed by atoms with E-state index in [1.165, 1.54) is 0 Å². The molecule has 0 unspecified atom stereocenters. The van der Waals surface area contributed by atoms with Crippen LogP contribution in [0.3, 0.4) is 0 Å². The van der Waals surface area contributed by atoms with Crippen molar-refractivity contribution >= 4 is 11.8 Å². The lowest BCUT2D eigenvalue weighted by atomic mass is 10.1. The molecule has 0 aliphatic heterocycles. The molecule has 0 saturated heterocycles. The molecule has 0 heterocycles. The zero-order chi connectivity index (χ0) is 17.9. The maximum Gasteiger partial charge on any atom is 0.312 e. The summed E-state index contributed by atoms with van der Waals surface area (Å²) < 4.78 is 0. The molecule has 132 valence electrons. The SMILES string of the molecule is CCCCCNC(=O)C(=O)N(Cc1ccccc1)Cc1ccccc1. The summed E-state index contributed by atoms with van der Waals surface area (Å²) in [5.41, 5.74) is 2.01. The highest BCUT2D eigenvalue weighted by molar-refractivity contribution is 6.34. The van der Waals surface area contributed by atoms with Gasteiger partial charge in [-0.05, 0) is 17.5 Å². The molecule has 0 aliphatic rings. The first-order valence-corrected chi connectivity index (χ1v) is 8.85. The first-order chi connectivity index (χ1) is 12.2. The Balaban J connectivity index is 2.04. The van der Waals surface area contributed by atoms with E-state index in [0.29, 0.717) is 19.6 Å². The topological polar surface area (TPSA) is 49.4 Å². The molecule has 0 radical (unpaired) electrons. The van der Waals surface area contributed by atoms with Gasteiger partial charge in [-0.1, -0.05) is 80.4 Å². The van der Waals surface area contributed by atoms with Gasteiger partial charge in [-0.2, -0.15) is 0 Å². The summed E-state index contributed by atoms with van der Waals surface area (Å²) in [7, 11) is 0. The molecule has 0 saturated carbocycles. The summed E-state index contributed by atoms with van der Waals surface area (Å²) in [4.78, 5) is 26.5. The van der Waals surface area contributed by atoms with Gasteiger partial charge in [0.25, 0.3) is 0 Å². The summed E-state index contributed by atoms with van der Waals surface area (Å²) in [6, 6.07) is 19.5. The van der Waals surface area contributed by atoms with Gasteiger partial charge in [-0.3, -0.25) is 9.59 Å². The van der Waals surface area contributed by atoms with Crippen LogP contribution in [0.25, 0.3) is 0 Å². The van der Waals surface area contributed by atoms with Gasteiger partial charge in [0.05, 0.1) is 0 Å². The second kappa shape index (κ2) is 10.3. The van der Waals surface area contributed by atoms with Crippen LogP contribution in [-0.4, -0.2) is 23.3 Å². The molecule has 4 nitrogen and oxygen atoms in total.